The standard InChI is InChI=1S/C51H51N3/c1-33(34-15-9-8-10-16-34)54-49-52-31-45-43(35-21-25-39(26-22-35)50(2,3)4)29-37-17-11-13-19-41(37)47(45)48-42-20-14-12-18-38(42)30-44(46(48)32-53-49)36-23-27-40(28-24-36)51(5,6)7/h8-30,33H,31-32H2,1-7H3,(H2,52,53,54)/t33-/m1/s1. The Morgan fingerprint density at radius 2 is 1.02 bits per heavy atom. The van der Waals surface area contributed by atoms with Crippen LogP contribution in [0.4, 0.5) is 0 Å². The average molecular weight is 706 g/mol. The molecule has 0 amide bonds. The smallest absolute Gasteiger partial charge is 0.192 e. The van der Waals surface area contributed by atoms with Gasteiger partial charge in [0.1, 0.15) is 0 Å². The maximum atomic E-state index is 5.40. The topological polar surface area (TPSA) is 36.4 Å². The van der Waals surface area contributed by atoms with Crippen LogP contribution in [0.3, 0.4) is 0 Å². The van der Waals surface area contributed by atoms with E-state index in [0.29, 0.717) is 13.1 Å². The van der Waals surface area contributed by atoms with E-state index in [4.69, 9.17) is 4.99 Å². The van der Waals surface area contributed by atoms with Crippen LogP contribution in [0.25, 0.3) is 54.9 Å². The molecule has 0 aromatic heterocycles. The van der Waals surface area contributed by atoms with Crippen LogP contribution in [0.15, 0.2) is 145 Å². The minimum absolute atomic E-state index is 0.0687. The Bertz CT molecular complexity index is 2490. The Labute approximate surface area is 321 Å². The lowest BCUT2D eigenvalue weighted by molar-refractivity contribution is 0.590. The molecule has 0 bridgehead atoms. The van der Waals surface area contributed by atoms with Gasteiger partial charge in [0, 0.05) is 6.54 Å². The fourth-order valence-corrected chi connectivity index (χ4v) is 8.03. The summed E-state index contributed by atoms with van der Waals surface area (Å²) >= 11 is 0. The molecule has 0 fully saturated rings. The lowest BCUT2D eigenvalue weighted by Crippen LogP contribution is -2.38. The molecule has 0 aliphatic carbocycles. The molecule has 1 atom stereocenters. The van der Waals surface area contributed by atoms with Gasteiger partial charge >= 0.3 is 0 Å². The van der Waals surface area contributed by atoms with Crippen molar-refractivity contribution in [2.24, 2.45) is 4.99 Å². The van der Waals surface area contributed by atoms with Gasteiger partial charge in [-0.1, -0.05) is 169 Å². The van der Waals surface area contributed by atoms with Gasteiger partial charge in [0.05, 0.1) is 12.6 Å². The molecule has 0 radical (unpaired) electrons. The Hall–Kier alpha value is -5.67. The number of nitrogens with one attached hydrogen (secondary N) is 2. The molecule has 7 aromatic rings. The van der Waals surface area contributed by atoms with Crippen molar-refractivity contribution in [1.82, 2.24) is 10.6 Å². The van der Waals surface area contributed by atoms with E-state index < -0.39 is 0 Å². The van der Waals surface area contributed by atoms with Gasteiger partial charge in [0.15, 0.2) is 5.96 Å². The number of fused-ring (bicyclic) bond motifs is 7. The quantitative estimate of drug-likeness (QED) is 0.191. The van der Waals surface area contributed by atoms with Gasteiger partial charge in [0.2, 0.25) is 0 Å². The predicted octanol–water partition coefficient (Wildman–Crippen LogP) is 12.9. The number of benzene rings is 7. The van der Waals surface area contributed by atoms with Crippen LogP contribution in [0.2, 0.25) is 0 Å². The molecule has 3 nitrogen and oxygen atoms in total. The molecule has 1 heterocycles. The van der Waals surface area contributed by atoms with Gasteiger partial charge in [-0.3, -0.25) is 0 Å². The molecular weight excluding hydrogens is 655 g/mol. The highest BCUT2D eigenvalue weighted by Gasteiger charge is 2.26. The van der Waals surface area contributed by atoms with Crippen molar-refractivity contribution >= 4 is 27.5 Å². The number of hydrogen-bond acceptors (Lipinski definition) is 3. The Kier molecular flexibility index (Phi) is 9.14. The Morgan fingerprint density at radius 3 is 1.54 bits per heavy atom. The summed E-state index contributed by atoms with van der Waals surface area (Å²) in [5.41, 5.74) is 14.0. The maximum absolute atomic E-state index is 5.40. The fourth-order valence-electron chi connectivity index (χ4n) is 8.03. The zero-order valence-corrected chi connectivity index (χ0v) is 32.7. The predicted molar refractivity (Wildman–Crippen MR) is 231 cm³/mol. The van der Waals surface area contributed by atoms with E-state index in [2.05, 4.69) is 199 Å². The van der Waals surface area contributed by atoms with Crippen LogP contribution in [0.1, 0.15) is 82.3 Å². The lowest BCUT2D eigenvalue weighted by Gasteiger charge is -2.24. The van der Waals surface area contributed by atoms with E-state index in [1.807, 2.05) is 0 Å². The van der Waals surface area contributed by atoms with E-state index in [-0.39, 0.29) is 16.9 Å². The first-order valence-corrected chi connectivity index (χ1v) is 19.4. The highest BCUT2D eigenvalue weighted by Crippen LogP contribution is 2.47. The molecule has 1 aliphatic rings. The van der Waals surface area contributed by atoms with Crippen LogP contribution < -0.4 is 10.6 Å². The fraction of sp³-hybridized carbons (Fsp3) is 0.235. The van der Waals surface area contributed by atoms with Crippen molar-refractivity contribution in [3.63, 3.8) is 0 Å². The first-order chi connectivity index (χ1) is 26.0. The summed E-state index contributed by atoms with van der Waals surface area (Å²) in [6, 6.07) is 51.8. The SMILES string of the molecule is C[C@@H](NC1=NCc2c(-c3ccc(C(C)(C)C)cc3)cc3ccccc3c2-c2c(c(-c3ccc(C(C)(C)C)cc3)cc3ccccc23)CN1)c1ccccc1. The first kappa shape index (κ1) is 35.4. The van der Waals surface area contributed by atoms with E-state index >= 15 is 0 Å². The summed E-state index contributed by atoms with van der Waals surface area (Å²) in [5.74, 6) is 0.800. The molecule has 7 aromatic carbocycles. The molecule has 8 rings (SSSR count). The summed E-state index contributed by atoms with van der Waals surface area (Å²) in [4.78, 5) is 5.40. The third kappa shape index (κ3) is 6.80. The van der Waals surface area contributed by atoms with Crippen LogP contribution in [-0.4, -0.2) is 5.96 Å². The van der Waals surface area contributed by atoms with E-state index in [1.165, 1.54) is 82.7 Å². The highest BCUT2D eigenvalue weighted by atomic mass is 15.2. The minimum atomic E-state index is 0.0687. The third-order valence-corrected chi connectivity index (χ3v) is 11.2. The van der Waals surface area contributed by atoms with Gasteiger partial charge in [0.25, 0.3) is 0 Å². The zero-order valence-electron chi connectivity index (χ0n) is 32.7. The third-order valence-electron chi connectivity index (χ3n) is 11.2. The molecule has 3 heteroatoms. The van der Waals surface area contributed by atoms with Crippen LogP contribution >= 0.6 is 0 Å². The number of aliphatic imine (C=N–C) groups is 1. The van der Waals surface area contributed by atoms with Gasteiger partial charge in [-0.25, -0.2) is 4.99 Å². The molecule has 0 spiro atoms. The molecule has 0 saturated carbocycles. The largest absolute Gasteiger partial charge is 0.352 e. The summed E-state index contributed by atoms with van der Waals surface area (Å²) < 4.78 is 0. The van der Waals surface area contributed by atoms with Gasteiger partial charge in [-0.2, -0.15) is 0 Å². The molecule has 2 N–H and O–H groups in total. The molecule has 0 saturated heterocycles. The average Bonchev–Trinajstić information content (AvgIpc) is 3.25. The summed E-state index contributed by atoms with van der Waals surface area (Å²) in [6.45, 7) is 17.0. The number of hydrogen-bond donors (Lipinski definition) is 2. The van der Waals surface area contributed by atoms with Crippen molar-refractivity contribution in [2.75, 3.05) is 0 Å². The van der Waals surface area contributed by atoms with E-state index in [0.717, 1.165) is 5.96 Å². The molecule has 54 heavy (non-hydrogen) atoms. The summed E-state index contributed by atoms with van der Waals surface area (Å²) in [6.07, 6.45) is 0. The van der Waals surface area contributed by atoms with Crippen molar-refractivity contribution in [2.45, 2.75) is 78.4 Å². The van der Waals surface area contributed by atoms with E-state index in [9.17, 15) is 0 Å². The monoisotopic (exact) mass is 705 g/mol. The second-order valence-electron chi connectivity index (χ2n) is 16.9. The van der Waals surface area contributed by atoms with Crippen LogP contribution in [-0.2, 0) is 23.9 Å². The second-order valence-corrected chi connectivity index (χ2v) is 16.9. The number of guanidine groups is 1. The van der Waals surface area contributed by atoms with Gasteiger partial charge in [-0.05, 0) is 113 Å². The van der Waals surface area contributed by atoms with Gasteiger partial charge in [-0.15, -0.1) is 0 Å². The van der Waals surface area contributed by atoms with Crippen LogP contribution in [0, 0.1) is 0 Å². The molecule has 1 aliphatic heterocycles. The summed E-state index contributed by atoms with van der Waals surface area (Å²) in [7, 11) is 0. The van der Waals surface area contributed by atoms with Crippen molar-refractivity contribution in [3.05, 3.63) is 167 Å². The second kappa shape index (κ2) is 14.0. The maximum Gasteiger partial charge on any atom is 0.192 e. The summed E-state index contributed by atoms with van der Waals surface area (Å²) in [5, 5.41) is 12.6. The Morgan fingerprint density at radius 1 is 0.556 bits per heavy atom. The van der Waals surface area contributed by atoms with Crippen LogP contribution in [0.5, 0.6) is 0 Å². The van der Waals surface area contributed by atoms with Crippen molar-refractivity contribution in [1.29, 1.82) is 0 Å². The van der Waals surface area contributed by atoms with Crippen molar-refractivity contribution < 1.29 is 0 Å². The Balaban J connectivity index is 1.43. The van der Waals surface area contributed by atoms with Crippen molar-refractivity contribution in [3.8, 4) is 33.4 Å². The zero-order chi connectivity index (χ0) is 37.6. The first-order valence-electron chi connectivity index (χ1n) is 19.4. The lowest BCUT2D eigenvalue weighted by atomic mass is 9.80. The van der Waals surface area contributed by atoms with Gasteiger partial charge < -0.3 is 10.6 Å². The molecule has 0 unspecified atom stereocenters. The normalized spacial score (nSPS) is 13.9. The number of nitrogens with zero attached hydrogens (tertiary/aromatic N) is 1. The number of rotatable bonds is 4. The minimum Gasteiger partial charge on any atom is -0.352 e. The highest BCUT2D eigenvalue weighted by molar-refractivity contribution is 6.12. The molecule has 270 valence electrons. The molecular formula is C51H51N3. The van der Waals surface area contributed by atoms with E-state index in [1.54, 1.807) is 0 Å².